The van der Waals surface area contributed by atoms with E-state index in [1.165, 1.54) is 5.01 Å². The summed E-state index contributed by atoms with van der Waals surface area (Å²) in [6, 6.07) is 15.7. The molecule has 172 valence electrons. The van der Waals surface area contributed by atoms with Crippen molar-refractivity contribution < 1.29 is 19.1 Å². The average molecular weight is 450 g/mol. The van der Waals surface area contributed by atoms with Gasteiger partial charge in [-0.1, -0.05) is 30.3 Å². The fourth-order valence-electron chi connectivity index (χ4n) is 3.97. The summed E-state index contributed by atoms with van der Waals surface area (Å²) < 4.78 is 5.29. The van der Waals surface area contributed by atoms with Crippen molar-refractivity contribution in [3.8, 4) is 5.75 Å². The van der Waals surface area contributed by atoms with Crippen molar-refractivity contribution in [3.63, 3.8) is 0 Å². The van der Waals surface area contributed by atoms with Crippen molar-refractivity contribution in [2.45, 2.75) is 25.8 Å². The summed E-state index contributed by atoms with van der Waals surface area (Å²) in [5, 5.41) is 4.29. The normalized spacial score (nSPS) is 18.9. The van der Waals surface area contributed by atoms with Gasteiger partial charge in [-0.05, 0) is 44.0 Å². The number of amidine groups is 1. The van der Waals surface area contributed by atoms with Crippen molar-refractivity contribution in [3.05, 3.63) is 54.6 Å². The molecule has 2 aliphatic rings. The number of hydrazine groups is 1. The number of piperidine rings is 1. The van der Waals surface area contributed by atoms with Crippen LogP contribution in [-0.2, 0) is 14.4 Å². The molecule has 0 radical (unpaired) electrons. The third kappa shape index (κ3) is 4.82. The number of ether oxygens (including phenoxy) is 1. The highest BCUT2D eigenvalue weighted by Crippen LogP contribution is 2.26. The minimum absolute atomic E-state index is 0.0887. The standard InChI is InChI=1S/C24H27N5O4/c1-16-23(31)29(18-8-4-3-5-9-18)27-21(25-16)24(32)28-14-12-17(13-15-28)22(30)26-19-10-6-7-11-20(19)33-2/h3-11,16-17H,12-15H2,1-2H3,(H,25,27)(H,26,30). The van der Waals surface area contributed by atoms with Gasteiger partial charge in [0.2, 0.25) is 11.7 Å². The first kappa shape index (κ1) is 22.3. The SMILES string of the molecule is COc1ccccc1NC(=O)C1CCN(C(=O)C2=NC(C)C(=O)N(c3ccccc3)N2)CC1. The van der Waals surface area contributed by atoms with Gasteiger partial charge < -0.3 is 15.0 Å². The molecule has 2 aromatic rings. The number of aliphatic imine (C=N–C) groups is 1. The molecule has 33 heavy (non-hydrogen) atoms. The van der Waals surface area contributed by atoms with Gasteiger partial charge in [0.05, 0.1) is 18.5 Å². The first-order valence-corrected chi connectivity index (χ1v) is 10.9. The van der Waals surface area contributed by atoms with Gasteiger partial charge in [-0.15, -0.1) is 0 Å². The number of rotatable bonds is 5. The van der Waals surface area contributed by atoms with E-state index in [2.05, 4.69) is 15.7 Å². The molecule has 2 N–H and O–H groups in total. The Morgan fingerprint density at radius 2 is 1.73 bits per heavy atom. The number of carbonyl (C=O) groups excluding carboxylic acids is 3. The maximum Gasteiger partial charge on any atom is 0.290 e. The summed E-state index contributed by atoms with van der Waals surface area (Å²) in [5.41, 5.74) is 4.14. The number of nitrogens with one attached hydrogen (secondary N) is 2. The number of hydrogen-bond donors (Lipinski definition) is 2. The Hall–Kier alpha value is -3.88. The van der Waals surface area contributed by atoms with E-state index in [0.29, 0.717) is 43.1 Å². The van der Waals surface area contributed by atoms with Crippen molar-refractivity contribution in [1.82, 2.24) is 10.3 Å². The molecule has 9 heteroatoms. The van der Waals surface area contributed by atoms with Crippen LogP contribution in [-0.4, -0.2) is 54.7 Å². The van der Waals surface area contributed by atoms with E-state index in [0.717, 1.165) is 0 Å². The second-order valence-corrected chi connectivity index (χ2v) is 8.03. The molecule has 0 bridgehead atoms. The molecule has 1 atom stereocenters. The summed E-state index contributed by atoms with van der Waals surface area (Å²) >= 11 is 0. The molecule has 4 rings (SSSR count). The monoisotopic (exact) mass is 449 g/mol. The summed E-state index contributed by atoms with van der Waals surface area (Å²) in [7, 11) is 1.56. The number of methoxy groups -OCH3 is 1. The van der Waals surface area contributed by atoms with Crippen LogP contribution in [0.1, 0.15) is 19.8 Å². The third-order valence-electron chi connectivity index (χ3n) is 5.85. The van der Waals surface area contributed by atoms with E-state index in [1.807, 2.05) is 30.3 Å². The van der Waals surface area contributed by atoms with Crippen molar-refractivity contribution in [2.24, 2.45) is 10.9 Å². The summed E-state index contributed by atoms with van der Waals surface area (Å²) in [6.07, 6.45) is 1.08. The smallest absolute Gasteiger partial charge is 0.290 e. The summed E-state index contributed by atoms with van der Waals surface area (Å²) in [5.74, 6) is -0.0755. The molecular weight excluding hydrogens is 422 g/mol. The van der Waals surface area contributed by atoms with Crippen LogP contribution in [0.4, 0.5) is 11.4 Å². The van der Waals surface area contributed by atoms with Crippen LogP contribution >= 0.6 is 0 Å². The third-order valence-corrected chi connectivity index (χ3v) is 5.85. The molecule has 2 aliphatic heterocycles. The van der Waals surface area contributed by atoms with Gasteiger partial charge in [0.1, 0.15) is 11.8 Å². The first-order valence-electron chi connectivity index (χ1n) is 10.9. The topological polar surface area (TPSA) is 103 Å². The van der Waals surface area contributed by atoms with E-state index in [-0.39, 0.29) is 29.5 Å². The predicted molar refractivity (Wildman–Crippen MR) is 125 cm³/mol. The van der Waals surface area contributed by atoms with E-state index in [1.54, 1.807) is 43.2 Å². The van der Waals surface area contributed by atoms with Gasteiger partial charge in [0.25, 0.3) is 11.8 Å². The van der Waals surface area contributed by atoms with Gasteiger partial charge in [0.15, 0.2) is 0 Å². The zero-order valence-electron chi connectivity index (χ0n) is 18.7. The number of hydrogen-bond acceptors (Lipinski definition) is 6. The van der Waals surface area contributed by atoms with Gasteiger partial charge in [-0.2, -0.15) is 0 Å². The predicted octanol–water partition coefficient (Wildman–Crippen LogP) is 2.21. The lowest BCUT2D eigenvalue weighted by Crippen LogP contribution is -2.59. The van der Waals surface area contributed by atoms with E-state index < -0.39 is 6.04 Å². The fraction of sp³-hybridized carbons (Fsp3) is 0.333. The quantitative estimate of drug-likeness (QED) is 0.729. The zero-order valence-corrected chi connectivity index (χ0v) is 18.7. The number of nitrogens with zero attached hydrogens (tertiary/aromatic N) is 3. The Balaban J connectivity index is 1.37. The van der Waals surface area contributed by atoms with Gasteiger partial charge in [0, 0.05) is 19.0 Å². The number of anilines is 2. The number of likely N-dealkylation sites (tertiary alicyclic amines) is 1. The number of para-hydroxylation sites is 3. The van der Waals surface area contributed by atoms with Crippen LogP contribution in [0.15, 0.2) is 59.6 Å². The average Bonchev–Trinajstić information content (AvgIpc) is 2.86. The van der Waals surface area contributed by atoms with Crippen LogP contribution in [0.5, 0.6) is 5.75 Å². The number of benzene rings is 2. The Labute approximate surface area is 192 Å². The van der Waals surface area contributed by atoms with Crippen molar-refractivity contribution in [2.75, 3.05) is 30.5 Å². The van der Waals surface area contributed by atoms with E-state index in [9.17, 15) is 14.4 Å². The maximum absolute atomic E-state index is 13.1. The highest BCUT2D eigenvalue weighted by atomic mass is 16.5. The molecule has 1 fully saturated rings. The molecule has 9 nitrogen and oxygen atoms in total. The van der Waals surface area contributed by atoms with Crippen LogP contribution in [0.3, 0.4) is 0 Å². The van der Waals surface area contributed by atoms with Crippen LogP contribution in [0.25, 0.3) is 0 Å². The molecule has 0 spiro atoms. The van der Waals surface area contributed by atoms with E-state index >= 15 is 0 Å². The highest BCUT2D eigenvalue weighted by molar-refractivity contribution is 6.39. The molecular formula is C24H27N5O4. The number of carbonyl (C=O) groups is 3. The van der Waals surface area contributed by atoms with Crippen LogP contribution in [0.2, 0.25) is 0 Å². The zero-order chi connectivity index (χ0) is 23.4. The maximum atomic E-state index is 13.1. The Morgan fingerprint density at radius 3 is 2.42 bits per heavy atom. The van der Waals surface area contributed by atoms with Crippen LogP contribution in [0, 0.1) is 5.92 Å². The molecule has 0 saturated carbocycles. The summed E-state index contributed by atoms with van der Waals surface area (Å²) in [6.45, 7) is 2.52. The van der Waals surface area contributed by atoms with Gasteiger partial charge in [-0.25, -0.2) is 10.0 Å². The molecule has 3 amide bonds. The van der Waals surface area contributed by atoms with Gasteiger partial charge >= 0.3 is 0 Å². The molecule has 1 saturated heterocycles. The minimum Gasteiger partial charge on any atom is -0.495 e. The minimum atomic E-state index is -0.672. The second-order valence-electron chi connectivity index (χ2n) is 8.03. The molecule has 2 aromatic carbocycles. The largest absolute Gasteiger partial charge is 0.495 e. The fourth-order valence-corrected chi connectivity index (χ4v) is 3.97. The second kappa shape index (κ2) is 9.72. The van der Waals surface area contributed by atoms with Crippen molar-refractivity contribution >= 4 is 34.9 Å². The highest BCUT2D eigenvalue weighted by Gasteiger charge is 2.34. The Bertz CT molecular complexity index is 1060. The lowest BCUT2D eigenvalue weighted by Gasteiger charge is -2.35. The Morgan fingerprint density at radius 1 is 1.06 bits per heavy atom. The van der Waals surface area contributed by atoms with Crippen molar-refractivity contribution in [1.29, 1.82) is 0 Å². The van der Waals surface area contributed by atoms with Crippen LogP contribution < -0.4 is 20.5 Å². The Kier molecular flexibility index (Phi) is 6.58. The molecule has 0 aliphatic carbocycles. The lowest BCUT2D eigenvalue weighted by molar-refractivity contribution is -0.129. The van der Waals surface area contributed by atoms with E-state index in [4.69, 9.17) is 4.74 Å². The molecule has 2 heterocycles. The first-order chi connectivity index (χ1) is 16.0. The summed E-state index contributed by atoms with van der Waals surface area (Å²) in [4.78, 5) is 44.4. The number of amides is 3. The molecule has 1 unspecified atom stereocenters. The lowest BCUT2D eigenvalue weighted by atomic mass is 9.95. The molecule has 0 aromatic heterocycles. The van der Waals surface area contributed by atoms with Gasteiger partial charge in [-0.3, -0.25) is 19.8 Å².